The van der Waals surface area contributed by atoms with Gasteiger partial charge in [-0.3, -0.25) is 10.3 Å². The highest BCUT2D eigenvalue weighted by Gasteiger charge is 2.29. The molecule has 1 aromatic carbocycles. The summed E-state index contributed by atoms with van der Waals surface area (Å²) in [6.07, 6.45) is 0. The fourth-order valence-electron chi connectivity index (χ4n) is 1.65. The molecule has 0 saturated heterocycles. The maximum Gasteiger partial charge on any atom is 0.0895 e. The number of aliphatic imine (C=N–C) groups is 1. The summed E-state index contributed by atoms with van der Waals surface area (Å²) < 4.78 is 0. The smallest absolute Gasteiger partial charge is 0.0895 e. The van der Waals surface area contributed by atoms with Gasteiger partial charge in [0.25, 0.3) is 0 Å². The van der Waals surface area contributed by atoms with Crippen LogP contribution in [0.2, 0.25) is 0 Å². The average molecular weight is 174 g/mol. The van der Waals surface area contributed by atoms with Gasteiger partial charge in [0.05, 0.1) is 17.9 Å². The Labute approximate surface area is 78.7 Å². The van der Waals surface area contributed by atoms with E-state index in [1.54, 1.807) is 0 Å². The van der Waals surface area contributed by atoms with Crippen LogP contribution in [0.4, 0.5) is 0 Å². The summed E-state index contributed by atoms with van der Waals surface area (Å²) in [5.74, 6) is 0. The Balaban J connectivity index is 2.38. The first-order valence-electron chi connectivity index (χ1n) is 4.55. The second-order valence-electron chi connectivity index (χ2n) is 3.83. The fraction of sp³-hybridized carbons (Fsp3) is 0.364. The van der Waals surface area contributed by atoms with E-state index in [2.05, 4.69) is 36.3 Å². The van der Waals surface area contributed by atoms with Gasteiger partial charge in [0.15, 0.2) is 0 Å². The van der Waals surface area contributed by atoms with Gasteiger partial charge in [-0.25, -0.2) is 0 Å². The fourth-order valence-corrected chi connectivity index (χ4v) is 1.65. The number of rotatable bonds is 1. The van der Waals surface area contributed by atoms with Crippen LogP contribution in [-0.4, -0.2) is 17.9 Å². The summed E-state index contributed by atoms with van der Waals surface area (Å²) in [5.41, 5.74) is 2.40. The maximum atomic E-state index is 4.46. The van der Waals surface area contributed by atoms with Crippen molar-refractivity contribution in [3.8, 4) is 0 Å². The van der Waals surface area contributed by atoms with E-state index in [-0.39, 0.29) is 5.54 Å². The first kappa shape index (κ1) is 8.45. The molecule has 1 N–H and O–H groups in total. The van der Waals surface area contributed by atoms with Crippen LogP contribution < -0.4 is 5.32 Å². The summed E-state index contributed by atoms with van der Waals surface area (Å²) >= 11 is 0. The Morgan fingerprint density at radius 3 is 2.46 bits per heavy atom. The van der Waals surface area contributed by atoms with E-state index in [0.29, 0.717) is 0 Å². The van der Waals surface area contributed by atoms with Crippen LogP contribution >= 0.6 is 0 Å². The molecule has 0 amide bonds. The minimum absolute atomic E-state index is 0.0152. The summed E-state index contributed by atoms with van der Waals surface area (Å²) in [4.78, 5) is 4.46. The molecule has 0 aromatic heterocycles. The highest BCUT2D eigenvalue weighted by atomic mass is 15.1. The van der Waals surface area contributed by atoms with E-state index >= 15 is 0 Å². The Morgan fingerprint density at radius 1 is 1.23 bits per heavy atom. The Morgan fingerprint density at radius 2 is 1.92 bits per heavy atom. The predicted octanol–water partition coefficient (Wildman–Crippen LogP) is 1.81. The van der Waals surface area contributed by atoms with Crippen LogP contribution in [0.15, 0.2) is 35.3 Å². The van der Waals surface area contributed by atoms with Crippen molar-refractivity contribution in [3.05, 3.63) is 35.9 Å². The lowest BCUT2D eigenvalue weighted by Gasteiger charge is -2.20. The standard InChI is InChI=1S/C11H14N2/c1-11(2)10(12-8-13-11)9-6-4-3-5-7-9/h3-7,13H,8H2,1-2H3. The zero-order valence-electron chi connectivity index (χ0n) is 8.04. The summed E-state index contributed by atoms with van der Waals surface area (Å²) in [6.45, 7) is 5.05. The third-order valence-electron chi connectivity index (χ3n) is 2.40. The molecule has 1 aromatic rings. The van der Waals surface area contributed by atoms with E-state index in [1.807, 2.05) is 18.2 Å². The monoisotopic (exact) mass is 174 g/mol. The highest BCUT2D eigenvalue weighted by molar-refractivity contribution is 6.07. The number of nitrogens with zero attached hydrogens (tertiary/aromatic N) is 1. The summed E-state index contributed by atoms with van der Waals surface area (Å²) in [6, 6.07) is 10.3. The van der Waals surface area contributed by atoms with Crippen LogP contribution in [0.25, 0.3) is 0 Å². The molecule has 13 heavy (non-hydrogen) atoms. The molecule has 0 fully saturated rings. The molecule has 2 nitrogen and oxygen atoms in total. The number of benzene rings is 1. The minimum atomic E-state index is 0.0152. The van der Waals surface area contributed by atoms with Gasteiger partial charge in [-0.1, -0.05) is 30.3 Å². The second-order valence-corrected chi connectivity index (χ2v) is 3.83. The van der Waals surface area contributed by atoms with Crippen molar-refractivity contribution in [2.45, 2.75) is 19.4 Å². The molecule has 0 unspecified atom stereocenters. The number of hydrogen-bond acceptors (Lipinski definition) is 2. The molecule has 1 aliphatic heterocycles. The molecular weight excluding hydrogens is 160 g/mol. The van der Waals surface area contributed by atoms with E-state index in [0.717, 1.165) is 12.4 Å². The van der Waals surface area contributed by atoms with E-state index in [9.17, 15) is 0 Å². The molecule has 68 valence electrons. The Hall–Kier alpha value is -1.15. The van der Waals surface area contributed by atoms with Gasteiger partial charge >= 0.3 is 0 Å². The van der Waals surface area contributed by atoms with Crippen molar-refractivity contribution < 1.29 is 0 Å². The SMILES string of the molecule is CC1(C)NCN=C1c1ccccc1. The van der Waals surface area contributed by atoms with Crippen LogP contribution in [-0.2, 0) is 0 Å². The average Bonchev–Trinajstić information content (AvgIpc) is 2.47. The topological polar surface area (TPSA) is 24.4 Å². The van der Waals surface area contributed by atoms with Gasteiger partial charge in [0.2, 0.25) is 0 Å². The first-order valence-corrected chi connectivity index (χ1v) is 4.55. The second kappa shape index (κ2) is 2.96. The zero-order valence-corrected chi connectivity index (χ0v) is 8.04. The van der Waals surface area contributed by atoms with Gasteiger partial charge in [-0.2, -0.15) is 0 Å². The van der Waals surface area contributed by atoms with Gasteiger partial charge in [0.1, 0.15) is 0 Å². The van der Waals surface area contributed by atoms with E-state index in [1.165, 1.54) is 5.56 Å². The number of hydrogen-bond donors (Lipinski definition) is 1. The molecule has 2 heteroatoms. The van der Waals surface area contributed by atoms with Gasteiger partial charge < -0.3 is 0 Å². The van der Waals surface area contributed by atoms with E-state index in [4.69, 9.17) is 0 Å². The zero-order chi connectivity index (χ0) is 9.31. The first-order chi connectivity index (χ1) is 6.20. The molecule has 2 rings (SSSR count). The van der Waals surface area contributed by atoms with Crippen LogP contribution in [0.1, 0.15) is 19.4 Å². The molecule has 0 bridgehead atoms. The summed E-state index contributed by atoms with van der Waals surface area (Å²) in [5, 5.41) is 3.34. The molecule has 0 aliphatic carbocycles. The van der Waals surface area contributed by atoms with Gasteiger partial charge in [-0.05, 0) is 19.4 Å². The lowest BCUT2D eigenvalue weighted by Crippen LogP contribution is -2.41. The predicted molar refractivity (Wildman–Crippen MR) is 55.1 cm³/mol. The van der Waals surface area contributed by atoms with Gasteiger partial charge in [-0.15, -0.1) is 0 Å². The lowest BCUT2D eigenvalue weighted by molar-refractivity contribution is 0.556. The van der Waals surface area contributed by atoms with Crippen molar-refractivity contribution in [3.63, 3.8) is 0 Å². The molecule has 0 radical (unpaired) electrons. The molecule has 0 spiro atoms. The van der Waals surface area contributed by atoms with Crippen molar-refractivity contribution in [2.75, 3.05) is 6.67 Å². The Kier molecular flexibility index (Phi) is 1.93. The minimum Gasteiger partial charge on any atom is -0.288 e. The molecule has 1 heterocycles. The van der Waals surface area contributed by atoms with Crippen LogP contribution in [0.3, 0.4) is 0 Å². The van der Waals surface area contributed by atoms with Crippen LogP contribution in [0.5, 0.6) is 0 Å². The Bertz CT molecular complexity index is 325. The quantitative estimate of drug-likeness (QED) is 0.690. The molecule has 0 atom stereocenters. The molecule has 1 aliphatic rings. The lowest BCUT2D eigenvalue weighted by atomic mass is 9.93. The third-order valence-corrected chi connectivity index (χ3v) is 2.40. The van der Waals surface area contributed by atoms with Gasteiger partial charge in [0, 0.05) is 0 Å². The van der Waals surface area contributed by atoms with Crippen molar-refractivity contribution in [1.29, 1.82) is 0 Å². The molecule has 0 saturated carbocycles. The summed E-state index contributed by atoms with van der Waals surface area (Å²) in [7, 11) is 0. The molecular formula is C11H14N2. The van der Waals surface area contributed by atoms with E-state index < -0.39 is 0 Å². The highest BCUT2D eigenvalue weighted by Crippen LogP contribution is 2.17. The normalized spacial score (nSPS) is 20.0. The maximum absolute atomic E-state index is 4.46. The third kappa shape index (κ3) is 1.49. The number of nitrogens with one attached hydrogen (secondary N) is 1. The van der Waals surface area contributed by atoms with Crippen molar-refractivity contribution >= 4 is 5.71 Å². The van der Waals surface area contributed by atoms with Crippen molar-refractivity contribution in [2.24, 2.45) is 4.99 Å². The largest absolute Gasteiger partial charge is 0.288 e. The van der Waals surface area contributed by atoms with Crippen LogP contribution in [0, 0.1) is 0 Å². The van der Waals surface area contributed by atoms with Crippen molar-refractivity contribution in [1.82, 2.24) is 5.32 Å².